The van der Waals surface area contributed by atoms with Crippen molar-refractivity contribution in [2.45, 2.75) is 32.0 Å². The van der Waals surface area contributed by atoms with E-state index >= 15 is 0 Å². The maximum Gasteiger partial charge on any atom is 0.169 e. The van der Waals surface area contributed by atoms with Crippen LogP contribution in [0.15, 0.2) is 0 Å². The minimum absolute atomic E-state index is 0.0926. The monoisotopic (exact) mass is 199 g/mol. The summed E-state index contributed by atoms with van der Waals surface area (Å²) < 4.78 is 10.3. The van der Waals surface area contributed by atoms with Gasteiger partial charge in [-0.15, -0.1) is 0 Å². The molecule has 0 aromatic carbocycles. The molecule has 2 fully saturated rings. The molecule has 0 atom stereocenters. The lowest BCUT2D eigenvalue weighted by atomic mass is 10.0. The van der Waals surface area contributed by atoms with Gasteiger partial charge in [-0.1, -0.05) is 0 Å². The summed E-state index contributed by atoms with van der Waals surface area (Å²) in [6.45, 7) is 1.96. The van der Waals surface area contributed by atoms with Crippen molar-refractivity contribution in [3.05, 3.63) is 0 Å². The molecule has 0 aromatic rings. The molecular formula is C11H21NO2. The van der Waals surface area contributed by atoms with E-state index in [-0.39, 0.29) is 6.29 Å². The Hall–Kier alpha value is -0.120. The third kappa shape index (κ3) is 2.27. The molecule has 2 aliphatic carbocycles. The summed E-state index contributed by atoms with van der Waals surface area (Å²) in [5, 5.41) is 3.46. The van der Waals surface area contributed by atoms with E-state index in [0.717, 1.165) is 19.0 Å². The van der Waals surface area contributed by atoms with Gasteiger partial charge in [0.05, 0.1) is 0 Å². The van der Waals surface area contributed by atoms with E-state index in [0.29, 0.717) is 5.41 Å². The van der Waals surface area contributed by atoms with Crippen LogP contribution in [0.2, 0.25) is 0 Å². The minimum atomic E-state index is -0.0926. The Morgan fingerprint density at radius 1 is 1.29 bits per heavy atom. The van der Waals surface area contributed by atoms with Crippen molar-refractivity contribution in [3.63, 3.8) is 0 Å². The number of nitrogens with one attached hydrogen (secondary N) is 1. The lowest BCUT2D eigenvalue weighted by Gasteiger charge is -2.18. The highest BCUT2D eigenvalue weighted by atomic mass is 16.7. The van der Waals surface area contributed by atoms with E-state index in [2.05, 4.69) is 5.32 Å². The van der Waals surface area contributed by atoms with Crippen LogP contribution in [0.4, 0.5) is 0 Å². The molecule has 0 unspecified atom stereocenters. The number of rotatable bonds is 7. The first-order valence-corrected chi connectivity index (χ1v) is 5.57. The zero-order valence-corrected chi connectivity index (χ0v) is 9.21. The summed E-state index contributed by atoms with van der Waals surface area (Å²) in [5.74, 6) is 1.03. The van der Waals surface area contributed by atoms with E-state index < -0.39 is 0 Å². The lowest BCUT2D eigenvalue weighted by molar-refractivity contribution is -0.0991. The van der Waals surface area contributed by atoms with Crippen molar-refractivity contribution in [1.29, 1.82) is 0 Å². The standard InChI is InChI=1S/C11H21NO2/c1-13-10(14-2)7-12-8-11(5-6-11)9-3-4-9/h9-10,12H,3-8H2,1-2H3. The van der Waals surface area contributed by atoms with E-state index in [1.807, 2.05) is 0 Å². The Balaban J connectivity index is 1.62. The molecule has 2 aliphatic rings. The summed E-state index contributed by atoms with van der Waals surface area (Å²) in [6.07, 6.45) is 5.68. The van der Waals surface area contributed by atoms with Gasteiger partial charge in [-0.3, -0.25) is 0 Å². The first-order valence-electron chi connectivity index (χ1n) is 5.57. The zero-order valence-electron chi connectivity index (χ0n) is 9.21. The second kappa shape index (κ2) is 4.17. The van der Waals surface area contributed by atoms with Gasteiger partial charge >= 0.3 is 0 Å². The van der Waals surface area contributed by atoms with Crippen LogP contribution in [0.25, 0.3) is 0 Å². The van der Waals surface area contributed by atoms with Crippen LogP contribution < -0.4 is 5.32 Å². The summed E-state index contributed by atoms with van der Waals surface area (Å²) >= 11 is 0. The van der Waals surface area contributed by atoms with Gasteiger partial charge in [0.15, 0.2) is 6.29 Å². The van der Waals surface area contributed by atoms with E-state index in [1.54, 1.807) is 14.2 Å². The third-order valence-electron chi connectivity index (χ3n) is 3.65. The molecule has 2 rings (SSSR count). The van der Waals surface area contributed by atoms with Crippen molar-refractivity contribution in [2.24, 2.45) is 11.3 Å². The molecule has 0 aromatic heterocycles. The van der Waals surface area contributed by atoms with E-state index in [4.69, 9.17) is 9.47 Å². The number of hydrogen-bond acceptors (Lipinski definition) is 3. The highest BCUT2D eigenvalue weighted by Crippen LogP contribution is 2.60. The molecular weight excluding hydrogens is 178 g/mol. The Kier molecular flexibility index (Phi) is 3.10. The fraction of sp³-hybridized carbons (Fsp3) is 1.00. The smallest absolute Gasteiger partial charge is 0.169 e. The molecule has 0 amide bonds. The molecule has 0 spiro atoms. The Labute approximate surface area is 86.2 Å². The quantitative estimate of drug-likeness (QED) is 0.628. The number of hydrogen-bond donors (Lipinski definition) is 1. The van der Waals surface area contributed by atoms with Crippen LogP contribution in [0.3, 0.4) is 0 Å². The minimum Gasteiger partial charge on any atom is -0.355 e. The normalized spacial score (nSPS) is 24.2. The summed E-state index contributed by atoms with van der Waals surface area (Å²) in [5.41, 5.74) is 0.673. The zero-order chi connectivity index (χ0) is 10.0. The molecule has 82 valence electrons. The SMILES string of the molecule is COC(CNCC1(C2CC2)CC1)OC. The highest BCUT2D eigenvalue weighted by molar-refractivity contribution is 5.04. The van der Waals surface area contributed by atoms with Gasteiger partial charge in [-0.25, -0.2) is 0 Å². The van der Waals surface area contributed by atoms with Crippen molar-refractivity contribution in [2.75, 3.05) is 27.3 Å². The van der Waals surface area contributed by atoms with Crippen molar-refractivity contribution >= 4 is 0 Å². The topological polar surface area (TPSA) is 30.5 Å². The van der Waals surface area contributed by atoms with Crippen LogP contribution in [0, 0.1) is 11.3 Å². The molecule has 0 bridgehead atoms. The number of methoxy groups -OCH3 is 2. The second-order valence-electron chi connectivity index (χ2n) is 4.67. The lowest BCUT2D eigenvalue weighted by Crippen LogP contribution is -2.34. The fourth-order valence-electron chi connectivity index (χ4n) is 2.29. The van der Waals surface area contributed by atoms with E-state index in [1.165, 1.54) is 25.7 Å². The second-order valence-corrected chi connectivity index (χ2v) is 4.67. The van der Waals surface area contributed by atoms with Crippen molar-refractivity contribution in [3.8, 4) is 0 Å². The average Bonchev–Trinajstić information content (AvgIpc) is 3.03. The van der Waals surface area contributed by atoms with Gasteiger partial charge in [0.1, 0.15) is 0 Å². The van der Waals surface area contributed by atoms with Gasteiger partial charge in [0.25, 0.3) is 0 Å². The Morgan fingerprint density at radius 2 is 1.93 bits per heavy atom. The Bertz CT molecular complexity index is 184. The van der Waals surface area contributed by atoms with Crippen LogP contribution in [-0.4, -0.2) is 33.6 Å². The van der Waals surface area contributed by atoms with Crippen LogP contribution >= 0.6 is 0 Å². The molecule has 0 saturated heterocycles. The fourth-order valence-corrected chi connectivity index (χ4v) is 2.29. The predicted octanol–water partition coefficient (Wildman–Crippen LogP) is 1.39. The van der Waals surface area contributed by atoms with Crippen LogP contribution in [-0.2, 0) is 9.47 Å². The van der Waals surface area contributed by atoms with Crippen LogP contribution in [0.5, 0.6) is 0 Å². The molecule has 14 heavy (non-hydrogen) atoms. The van der Waals surface area contributed by atoms with Gasteiger partial charge in [0.2, 0.25) is 0 Å². The third-order valence-corrected chi connectivity index (χ3v) is 3.65. The van der Waals surface area contributed by atoms with Crippen molar-refractivity contribution in [1.82, 2.24) is 5.32 Å². The van der Waals surface area contributed by atoms with Gasteiger partial charge in [0, 0.05) is 27.3 Å². The first-order chi connectivity index (χ1) is 6.80. The van der Waals surface area contributed by atoms with Crippen LogP contribution in [0.1, 0.15) is 25.7 Å². The summed E-state index contributed by atoms with van der Waals surface area (Å²) in [4.78, 5) is 0. The summed E-state index contributed by atoms with van der Waals surface area (Å²) in [7, 11) is 3.37. The average molecular weight is 199 g/mol. The Morgan fingerprint density at radius 3 is 2.36 bits per heavy atom. The largest absolute Gasteiger partial charge is 0.355 e. The maximum atomic E-state index is 5.13. The number of ether oxygens (including phenoxy) is 2. The van der Waals surface area contributed by atoms with Crippen molar-refractivity contribution < 1.29 is 9.47 Å². The highest BCUT2D eigenvalue weighted by Gasteiger charge is 2.53. The van der Waals surface area contributed by atoms with Gasteiger partial charge in [-0.2, -0.15) is 0 Å². The molecule has 3 nitrogen and oxygen atoms in total. The summed E-state index contributed by atoms with van der Waals surface area (Å²) in [6, 6.07) is 0. The van der Waals surface area contributed by atoms with E-state index in [9.17, 15) is 0 Å². The molecule has 1 N–H and O–H groups in total. The van der Waals surface area contributed by atoms with Gasteiger partial charge in [-0.05, 0) is 37.0 Å². The predicted molar refractivity (Wildman–Crippen MR) is 55.1 cm³/mol. The van der Waals surface area contributed by atoms with Gasteiger partial charge < -0.3 is 14.8 Å². The first kappa shape index (κ1) is 10.4. The molecule has 3 heteroatoms. The molecule has 0 aliphatic heterocycles. The molecule has 0 radical (unpaired) electrons. The molecule has 0 heterocycles. The maximum absolute atomic E-state index is 5.13. The molecule has 2 saturated carbocycles.